The van der Waals surface area contributed by atoms with Crippen LogP contribution in [0.1, 0.15) is 134 Å². The minimum atomic E-state index is -1.82. The van der Waals surface area contributed by atoms with Crippen molar-refractivity contribution < 1.29 is 35.4 Å². The van der Waals surface area contributed by atoms with Crippen molar-refractivity contribution in [3.63, 3.8) is 0 Å². The molecule has 0 radical (unpaired) electrons. The van der Waals surface area contributed by atoms with E-state index in [4.69, 9.17) is 13.8 Å². The predicted molar refractivity (Wildman–Crippen MR) is 312 cm³/mol. The number of quaternary nitrogens is 2. The van der Waals surface area contributed by atoms with Gasteiger partial charge in [0.2, 0.25) is 0 Å². The van der Waals surface area contributed by atoms with Crippen LogP contribution in [0.3, 0.4) is 0 Å². The van der Waals surface area contributed by atoms with Crippen LogP contribution in [-0.4, -0.2) is 16.2 Å². The number of benzene rings is 7. The van der Waals surface area contributed by atoms with Crippen LogP contribution in [0.2, 0.25) is 0 Å². The molecule has 7 aromatic carbocycles. The van der Waals surface area contributed by atoms with Gasteiger partial charge in [-0.3, -0.25) is 4.48 Å². The summed E-state index contributed by atoms with van der Waals surface area (Å²) < 4.78 is 74.9. The molecule has 0 aliphatic carbocycles. The van der Waals surface area contributed by atoms with Gasteiger partial charge in [0, 0.05) is 75.5 Å². The minimum absolute atomic E-state index is 0. The molecule has 386 valence electrons. The maximum atomic E-state index is 9.94. The molecule has 2 aromatic heterocycles. The van der Waals surface area contributed by atoms with E-state index in [1.165, 1.54) is 5.56 Å². The van der Waals surface area contributed by atoms with Crippen LogP contribution in [0.4, 0.5) is 22.7 Å². The van der Waals surface area contributed by atoms with Gasteiger partial charge in [-0.15, -0.1) is 35.2 Å². The van der Waals surface area contributed by atoms with Gasteiger partial charge in [0.05, 0.1) is 13.5 Å². The minimum Gasteiger partial charge on any atom is -0.509 e. The molecule has 5 nitrogen and oxygen atoms in total. The quantitative estimate of drug-likeness (QED) is 0.106. The number of hydrogen-bond acceptors (Lipinski definition) is 2. The Labute approximate surface area is 471 Å². The van der Waals surface area contributed by atoms with Crippen molar-refractivity contribution >= 4 is 44.6 Å². The molecule has 1 fully saturated rings. The van der Waals surface area contributed by atoms with Crippen molar-refractivity contribution in [1.29, 1.82) is 0 Å². The molecule has 0 amide bonds. The number of rotatable bonds is 9. The van der Waals surface area contributed by atoms with E-state index in [-0.39, 0.29) is 69.3 Å². The molecule has 1 saturated heterocycles. The first kappa shape index (κ1) is 44.1. The molecule has 5 heterocycles. The zero-order chi connectivity index (χ0) is 58.5. The van der Waals surface area contributed by atoms with Crippen molar-refractivity contribution in [2.75, 3.05) is 6.67 Å². The smallest absolute Gasteiger partial charge is 0.184 e. The molecule has 2 bridgehead atoms. The number of pyridine rings is 1. The van der Waals surface area contributed by atoms with Crippen LogP contribution in [-0.2, 0) is 49.1 Å². The van der Waals surface area contributed by atoms with E-state index in [1.807, 2.05) is 56.4 Å². The molecule has 6 heteroatoms. The molecular weight excluding hydrogens is 1100 g/mol. The first-order valence-electron chi connectivity index (χ1n) is 29.6. The number of ether oxygens (including phenoxy) is 1. The summed E-state index contributed by atoms with van der Waals surface area (Å²) in [4.78, 5) is 4.91. The summed E-state index contributed by atoms with van der Waals surface area (Å²) in [5.41, 5.74) is 11.2. The fourth-order valence-electron chi connectivity index (χ4n) is 11.1. The van der Waals surface area contributed by atoms with Gasteiger partial charge in [-0.2, -0.15) is 6.07 Å². The van der Waals surface area contributed by atoms with Crippen molar-refractivity contribution in [2.45, 2.75) is 125 Å². The Kier molecular flexibility index (Phi) is 10.9. The number of fused-ring (bicyclic) bond motifs is 3. The monoisotopic (exact) mass is 1180 g/mol. The Morgan fingerprint density at radius 1 is 0.627 bits per heavy atom. The summed E-state index contributed by atoms with van der Waals surface area (Å²) in [6.07, 6.45) is 0.0491. The Bertz CT molecular complexity index is 3990. The summed E-state index contributed by atoms with van der Waals surface area (Å²) in [6.45, 7) is 32.8. The van der Waals surface area contributed by atoms with Crippen LogP contribution < -0.4 is 13.7 Å². The second-order valence-electron chi connectivity index (χ2n) is 25.0. The van der Waals surface area contributed by atoms with Gasteiger partial charge in [-0.05, 0) is 97.5 Å². The maximum absolute atomic E-state index is 9.94. The summed E-state index contributed by atoms with van der Waals surface area (Å²) in [6, 6.07) is 45.0. The molecule has 3 aliphatic rings. The van der Waals surface area contributed by atoms with Crippen LogP contribution in [0.25, 0.3) is 49.9 Å². The largest absolute Gasteiger partial charge is 0.509 e. The van der Waals surface area contributed by atoms with E-state index in [9.17, 15) is 5.48 Å². The number of para-hydroxylation sites is 3. The molecular formula is C69H73N4OPt-. The Morgan fingerprint density at radius 2 is 1.25 bits per heavy atom. The van der Waals surface area contributed by atoms with Gasteiger partial charge in [0.1, 0.15) is 11.5 Å². The molecule has 0 N–H and O–H groups in total. The van der Waals surface area contributed by atoms with Crippen LogP contribution >= 0.6 is 0 Å². The Morgan fingerprint density at radius 3 is 1.91 bits per heavy atom. The fraction of sp³-hybridized carbons (Fsp3) is 0.304. The average molecular weight is 1180 g/mol. The average Bonchev–Trinajstić information content (AvgIpc) is 2.30. The number of nitrogens with zero attached hydrogens (tertiary/aromatic N) is 4. The van der Waals surface area contributed by atoms with E-state index in [2.05, 4.69) is 185 Å². The van der Waals surface area contributed by atoms with Gasteiger partial charge in [-0.25, -0.2) is 4.98 Å². The molecule has 12 rings (SSSR count). The normalized spacial score (nSPS) is 19.1. The molecule has 3 aliphatic heterocycles. The molecule has 0 spiro atoms. The first-order valence-corrected chi connectivity index (χ1v) is 26.1. The SMILES string of the molecule is [2H]c1c([2H])c([2H])c(-c2cccc(-c3cc(C(C)(C)C)cc(C(C)(C)C)c3)c2[N@+]23[CH-][N@+](c4[c-]c(Oc5[c-]c6c(cc5)c5ccccc5n6-c5cc(C(C)(C)C)ccn5)cc(C(C)(C)C)c4)(C2)c2cccc(C([2H])([2H])C(C)C)c23)c([2H])c1[2H].[Pt]. The summed E-state index contributed by atoms with van der Waals surface area (Å²) >= 11 is 0. The van der Waals surface area contributed by atoms with Gasteiger partial charge in [0.25, 0.3) is 0 Å². The van der Waals surface area contributed by atoms with Gasteiger partial charge in [-0.1, -0.05) is 193 Å². The van der Waals surface area contributed by atoms with E-state index in [0.29, 0.717) is 35.0 Å². The maximum Gasteiger partial charge on any atom is 0.184 e. The van der Waals surface area contributed by atoms with E-state index < -0.39 is 30.4 Å². The van der Waals surface area contributed by atoms with E-state index >= 15 is 0 Å². The van der Waals surface area contributed by atoms with Crippen molar-refractivity contribution in [3.8, 4) is 39.6 Å². The van der Waals surface area contributed by atoms with Crippen molar-refractivity contribution in [2.24, 2.45) is 5.92 Å². The molecule has 0 saturated carbocycles. The Hall–Kier alpha value is -6.10. The third-order valence-electron chi connectivity index (χ3n) is 15.1. The van der Waals surface area contributed by atoms with Crippen LogP contribution in [0.15, 0.2) is 152 Å². The molecule has 9 aromatic rings. The summed E-state index contributed by atoms with van der Waals surface area (Å²) in [5.74, 6) is 1.35. The van der Waals surface area contributed by atoms with E-state index in [1.54, 1.807) is 0 Å². The zero-order valence-electron chi connectivity index (χ0n) is 52.9. The number of hydrogen-bond donors (Lipinski definition) is 0. The molecule has 75 heavy (non-hydrogen) atoms. The third kappa shape index (κ3) is 9.11. The van der Waals surface area contributed by atoms with Gasteiger partial charge >= 0.3 is 0 Å². The second-order valence-corrected chi connectivity index (χ2v) is 25.0. The first-order chi connectivity index (χ1) is 37.8. The molecule has 0 unspecified atom stereocenters. The topological polar surface area (TPSA) is 27.1 Å². The third-order valence-corrected chi connectivity index (χ3v) is 15.1. The van der Waals surface area contributed by atoms with E-state index in [0.717, 1.165) is 72.5 Å². The summed E-state index contributed by atoms with van der Waals surface area (Å²) in [5, 5.41) is 2.10. The Balaban J connectivity index is 0.00000753. The van der Waals surface area contributed by atoms with Crippen LogP contribution in [0, 0.1) is 24.7 Å². The van der Waals surface area contributed by atoms with Gasteiger partial charge in [0.15, 0.2) is 18.0 Å². The fourth-order valence-corrected chi connectivity index (χ4v) is 11.1. The van der Waals surface area contributed by atoms with Crippen LogP contribution in [0.5, 0.6) is 11.5 Å². The standard InChI is InChI=1S/C69H73N4O.Pt/c1-45(2)34-47-24-20-29-62-64(47)73(65-56(46-22-16-15-17-23-46)26-21-27-57(65)48-35-50(67(6,7)8)37-51(36-48)68(9,10)11)43-72(62,44-73)53-38-52(69(12,13)14)39-55(41-53)74-54-30-31-59-58-25-18-19-28-60(58)71(61(59)42-54)63-40-49(32-33-70-63)66(3,4)5;/h15-33,35-40,43,45H,34,44H2,1-14H3;/q-1;/t72-,73-;/m1./s1/i15D,16D,17D,22D,23D,34D2;. The van der Waals surface area contributed by atoms with Crippen molar-refractivity contribution in [1.82, 2.24) is 18.5 Å². The number of aromatic nitrogens is 2. The second kappa shape index (κ2) is 18.6. The summed E-state index contributed by atoms with van der Waals surface area (Å²) in [7, 11) is 0. The predicted octanol–water partition coefficient (Wildman–Crippen LogP) is 18.7. The van der Waals surface area contributed by atoms with Crippen molar-refractivity contribution in [3.05, 3.63) is 198 Å². The molecule has 2 atom stereocenters. The van der Waals surface area contributed by atoms with Gasteiger partial charge < -0.3 is 13.8 Å². The zero-order valence-corrected chi connectivity index (χ0v) is 48.2.